The molecule has 4 aromatic rings. The molecule has 4 heterocycles. The number of anilines is 2. The molecule has 44 heavy (non-hydrogen) atoms. The van der Waals surface area contributed by atoms with Crippen molar-refractivity contribution < 1.29 is 23.0 Å². The van der Waals surface area contributed by atoms with E-state index in [1.807, 2.05) is 0 Å². The first-order chi connectivity index (χ1) is 20.9. The highest BCUT2D eigenvalue weighted by Crippen LogP contribution is 2.55. The zero-order chi connectivity index (χ0) is 31.1. The second kappa shape index (κ2) is 10.1. The van der Waals surface area contributed by atoms with Crippen molar-refractivity contribution in [3.63, 3.8) is 0 Å². The van der Waals surface area contributed by atoms with Gasteiger partial charge in [-0.25, -0.2) is 23.5 Å². The number of fused-ring (bicyclic) bond motifs is 4. The lowest BCUT2D eigenvalue weighted by molar-refractivity contribution is 0.0636. The summed E-state index contributed by atoms with van der Waals surface area (Å²) in [5.41, 5.74) is 0.719. The predicted molar refractivity (Wildman–Crippen MR) is 165 cm³/mol. The molecule has 1 spiro atoms. The van der Waals surface area contributed by atoms with Gasteiger partial charge in [0.1, 0.15) is 28.0 Å². The summed E-state index contributed by atoms with van der Waals surface area (Å²) >= 11 is 1.10. The van der Waals surface area contributed by atoms with Gasteiger partial charge in [-0.3, -0.25) is 5.32 Å². The van der Waals surface area contributed by atoms with Crippen LogP contribution in [0, 0.1) is 28.4 Å². The van der Waals surface area contributed by atoms with Gasteiger partial charge in [0.05, 0.1) is 18.8 Å². The van der Waals surface area contributed by atoms with Crippen molar-refractivity contribution in [2.45, 2.75) is 58.5 Å². The molecule has 2 aromatic carbocycles. The predicted octanol–water partition coefficient (Wildman–Crippen LogP) is 6.57. The van der Waals surface area contributed by atoms with Crippen LogP contribution in [0.2, 0.25) is 0 Å². The Hall–Kier alpha value is -3.92. The lowest BCUT2D eigenvalue weighted by Crippen LogP contribution is -2.36. The Kier molecular flexibility index (Phi) is 6.59. The van der Waals surface area contributed by atoms with Gasteiger partial charge in [0.25, 0.3) is 0 Å². The van der Waals surface area contributed by atoms with Gasteiger partial charge in [-0.05, 0) is 71.0 Å². The van der Waals surface area contributed by atoms with E-state index in [0.29, 0.717) is 33.2 Å². The Morgan fingerprint density at radius 1 is 1.23 bits per heavy atom. The standard InChI is InChI=1S/C32H32F2N6O3S/c1-31(2,3)43-30(41)38-28-16(10-35)23-21(44-28)7-6-20(33)25(23)24-19-14-42-13-18(19)17-11-36-29(37-27(17)26(24)34)40-12-22(39(4)5)32(15-40)8-9-32/h6-7,11,22H,8-9,12-15H2,1-5H3,(H,38,41)/t22-/m1/s1. The van der Waals surface area contributed by atoms with Gasteiger partial charge in [-0.1, -0.05) is 0 Å². The van der Waals surface area contributed by atoms with E-state index in [1.54, 1.807) is 27.0 Å². The van der Waals surface area contributed by atoms with Gasteiger partial charge in [-0.15, -0.1) is 11.3 Å². The van der Waals surface area contributed by atoms with Crippen LogP contribution in [0.25, 0.3) is 32.1 Å². The molecule has 1 amide bonds. The van der Waals surface area contributed by atoms with Crippen molar-refractivity contribution in [3.05, 3.63) is 46.7 Å². The van der Waals surface area contributed by atoms with Crippen LogP contribution in [0.5, 0.6) is 0 Å². The first kappa shape index (κ1) is 28.8. The van der Waals surface area contributed by atoms with Crippen LogP contribution in [0.1, 0.15) is 50.3 Å². The first-order valence-electron chi connectivity index (χ1n) is 14.6. The van der Waals surface area contributed by atoms with Crippen molar-refractivity contribution in [3.8, 4) is 17.2 Å². The molecule has 9 nitrogen and oxygen atoms in total. The van der Waals surface area contributed by atoms with Crippen molar-refractivity contribution in [2.75, 3.05) is 37.4 Å². The summed E-state index contributed by atoms with van der Waals surface area (Å²) in [5, 5.41) is 13.8. The number of likely N-dealkylation sites (N-methyl/N-ethyl adjacent to an activating group) is 1. The maximum Gasteiger partial charge on any atom is 0.412 e. The third-order valence-electron chi connectivity index (χ3n) is 8.87. The Morgan fingerprint density at radius 2 is 1.98 bits per heavy atom. The normalized spacial score (nSPS) is 18.8. The van der Waals surface area contributed by atoms with E-state index >= 15 is 8.78 Å². The third kappa shape index (κ3) is 4.57. The molecule has 0 radical (unpaired) electrons. The number of benzene rings is 2. The fourth-order valence-electron chi connectivity index (χ4n) is 6.79. The largest absolute Gasteiger partial charge is 0.444 e. The molecule has 2 aromatic heterocycles. The fourth-order valence-corrected chi connectivity index (χ4v) is 7.83. The average Bonchev–Trinajstić information content (AvgIpc) is 3.27. The maximum atomic E-state index is 16.9. The molecule has 2 aliphatic heterocycles. The molecule has 1 saturated carbocycles. The number of amides is 1. The minimum Gasteiger partial charge on any atom is -0.444 e. The topological polar surface area (TPSA) is 104 Å². The monoisotopic (exact) mass is 618 g/mol. The number of nitriles is 1. The van der Waals surface area contributed by atoms with Gasteiger partial charge in [-0.2, -0.15) is 5.26 Å². The number of carbonyl (C=O) groups is 1. The maximum absolute atomic E-state index is 16.9. The van der Waals surface area contributed by atoms with Crippen LogP contribution in [0.3, 0.4) is 0 Å². The number of hydrogen-bond donors (Lipinski definition) is 1. The molecule has 1 saturated heterocycles. The highest BCUT2D eigenvalue weighted by molar-refractivity contribution is 7.23. The van der Waals surface area contributed by atoms with E-state index in [1.165, 1.54) is 12.1 Å². The van der Waals surface area contributed by atoms with Crippen LogP contribution in [0.15, 0.2) is 18.3 Å². The number of rotatable bonds is 4. The van der Waals surface area contributed by atoms with Crippen LogP contribution < -0.4 is 10.2 Å². The smallest absolute Gasteiger partial charge is 0.412 e. The molecule has 12 heteroatoms. The highest BCUT2D eigenvalue weighted by Gasteiger charge is 2.56. The van der Waals surface area contributed by atoms with Crippen LogP contribution >= 0.6 is 11.3 Å². The molecule has 1 N–H and O–H groups in total. The number of carbonyl (C=O) groups excluding carboxylic acids is 1. The summed E-state index contributed by atoms with van der Waals surface area (Å²) in [6.45, 7) is 6.99. The SMILES string of the molecule is CN(C)[C@@H]1CN(c2ncc3c4c(c(-c5c(F)ccc6sc(NC(=O)OC(C)(C)C)c(C#N)c56)c(F)c3n2)COC4)CC12CC2. The quantitative estimate of drug-likeness (QED) is 0.274. The van der Waals surface area contributed by atoms with E-state index in [0.717, 1.165) is 37.3 Å². The highest BCUT2D eigenvalue weighted by atomic mass is 32.1. The van der Waals surface area contributed by atoms with E-state index in [2.05, 4.69) is 40.3 Å². The number of halogens is 2. The van der Waals surface area contributed by atoms with Gasteiger partial charge < -0.3 is 19.3 Å². The minimum absolute atomic E-state index is 0.0159. The Bertz CT molecular complexity index is 1910. The van der Waals surface area contributed by atoms with E-state index in [4.69, 9.17) is 14.5 Å². The van der Waals surface area contributed by atoms with Gasteiger partial charge in [0.2, 0.25) is 5.95 Å². The summed E-state index contributed by atoms with van der Waals surface area (Å²) < 4.78 is 44.5. The van der Waals surface area contributed by atoms with Crippen LogP contribution in [-0.4, -0.2) is 59.8 Å². The molecule has 3 aliphatic rings. The first-order valence-corrected chi connectivity index (χ1v) is 15.4. The molecular weight excluding hydrogens is 586 g/mol. The summed E-state index contributed by atoms with van der Waals surface area (Å²) in [6.07, 6.45) is 3.17. The van der Waals surface area contributed by atoms with Gasteiger partial charge >= 0.3 is 6.09 Å². The van der Waals surface area contributed by atoms with Gasteiger partial charge in [0, 0.05) is 57.3 Å². The molecule has 1 aliphatic carbocycles. The Morgan fingerprint density at radius 3 is 2.64 bits per heavy atom. The number of nitrogens with zero attached hydrogens (tertiary/aromatic N) is 5. The minimum atomic E-state index is -0.762. The van der Waals surface area contributed by atoms with Crippen molar-refractivity contribution in [2.24, 2.45) is 5.41 Å². The number of aromatic nitrogens is 2. The fraction of sp³-hybridized carbons (Fsp3) is 0.438. The van der Waals surface area contributed by atoms with Gasteiger partial charge in [0.15, 0.2) is 5.82 Å². The number of hydrogen-bond acceptors (Lipinski definition) is 9. The summed E-state index contributed by atoms with van der Waals surface area (Å²) in [7, 11) is 4.16. The molecule has 0 bridgehead atoms. The third-order valence-corrected chi connectivity index (χ3v) is 9.94. The zero-order valence-corrected chi connectivity index (χ0v) is 26.0. The molecular formula is C32H32F2N6O3S. The summed E-state index contributed by atoms with van der Waals surface area (Å²) in [6, 6.07) is 5.24. The van der Waals surface area contributed by atoms with Crippen molar-refractivity contribution >= 4 is 49.4 Å². The van der Waals surface area contributed by atoms with Crippen molar-refractivity contribution in [1.29, 1.82) is 5.26 Å². The summed E-state index contributed by atoms with van der Waals surface area (Å²) in [4.78, 5) is 26.3. The van der Waals surface area contributed by atoms with Crippen LogP contribution in [0.4, 0.5) is 24.5 Å². The van der Waals surface area contributed by atoms with Crippen molar-refractivity contribution in [1.82, 2.24) is 14.9 Å². The van der Waals surface area contributed by atoms with E-state index < -0.39 is 23.3 Å². The zero-order valence-electron chi connectivity index (χ0n) is 25.2. The Labute approximate surface area is 257 Å². The molecule has 1 atom stereocenters. The van der Waals surface area contributed by atoms with Crippen LogP contribution in [-0.2, 0) is 22.7 Å². The van der Waals surface area contributed by atoms with E-state index in [-0.39, 0.29) is 51.2 Å². The summed E-state index contributed by atoms with van der Waals surface area (Å²) in [5.74, 6) is -0.950. The number of nitrogens with one attached hydrogen (secondary N) is 1. The lowest BCUT2D eigenvalue weighted by Gasteiger charge is -2.24. The second-order valence-electron chi connectivity index (χ2n) is 13.1. The Balaban J connectivity index is 1.39. The molecule has 2 fully saturated rings. The van der Waals surface area contributed by atoms with E-state index in [9.17, 15) is 10.1 Å². The molecule has 7 rings (SSSR count). The number of ether oxygens (including phenoxy) is 2. The second-order valence-corrected chi connectivity index (χ2v) is 14.2. The average molecular weight is 619 g/mol. The molecule has 228 valence electrons. The lowest BCUT2D eigenvalue weighted by atomic mass is 9.90. The molecule has 0 unspecified atom stereocenters. The number of thiophene rings is 1.